The number of carbonyl (C=O) groups is 2. The van der Waals surface area contributed by atoms with Gasteiger partial charge in [0.2, 0.25) is 5.91 Å². The van der Waals surface area contributed by atoms with Crippen molar-refractivity contribution in [2.45, 2.75) is 19.5 Å². The zero-order chi connectivity index (χ0) is 21.9. The minimum Gasteiger partial charge on any atom is -0.486 e. The highest BCUT2D eigenvalue weighted by Gasteiger charge is 2.28. The lowest BCUT2D eigenvalue weighted by Crippen LogP contribution is -2.33. The molecular formula is C20H18ClF3N2O4. The number of halogens is 4. The van der Waals surface area contributed by atoms with Gasteiger partial charge in [0.1, 0.15) is 19.8 Å². The normalized spacial score (nSPS) is 13.0. The van der Waals surface area contributed by atoms with Crippen molar-refractivity contribution in [3.63, 3.8) is 0 Å². The molecule has 10 heteroatoms. The van der Waals surface area contributed by atoms with Gasteiger partial charge in [-0.05, 0) is 42.3 Å². The Labute approximate surface area is 175 Å². The molecule has 1 aliphatic rings. The van der Waals surface area contributed by atoms with Crippen molar-refractivity contribution < 1.29 is 32.2 Å². The summed E-state index contributed by atoms with van der Waals surface area (Å²) >= 11 is 6.17. The molecule has 0 radical (unpaired) electrons. The molecule has 1 heterocycles. The summed E-state index contributed by atoms with van der Waals surface area (Å²) in [4.78, 5) is 24.4. The first kappa shape index (κ1) is 21.8. The van der Waals surface area contributed by atoms with Gasteiger partial charge in [0, 0.05) is 11.3 Å². The lowest BCUT2D eigenvalue weighted by atomic mass is 10.1. The number of nitrogens with one attached hydrogen (secondary N) is 2. The fraction of sp³-hybridized carbons (Fsp3) is 0.300. The Balaban J connectivity index is 1.69. The average Bonchev–Trinajstić information content (AvgIpc) is 2.67. The number of amides is 2. The Kier molecular flexibility index (Phi) is 6.40. The van der Waals surface area contributed by atoms with E-state index in [1.54, 1.807) is 30.4 Å². The minimum atomic E-state index is -4.51. The Morgan fingerprint density at radius 3 is 2.60 bits per heavy atom. The Hall–Kier alpha value is -2.94. The summed E-state index contributed by atoms with van der Waals surface area (Å²) in [6, 6.07) is 7.52. The monoisotopic (exact) mass is 442 g/mol. The fourth-order valence-corrected chi connectivity index (χ4v) is 3.11. The number of aryl methyl sites for hydroxylation is 1. The van der Waals surface area contributed by atoms with Crippen LogP contribution >= 0.6 is 11.6 Å². The lowest BCUT2D eigenvalue weighted by molar-refractivity contribution is -0.123. The largest absolute Gasteiger partial charge is 0.486 e. The molecule has 1 aliphatic heterocycles. The molecule has 0 fully saturated rings. The highest BCUT2D eigenvalue weighted by molar-refractivity contribution is 6.32. The molecule has 3 rings (SSSR count). The molecule has 2 aromatic carbocycles. The van der Waals surface area contributed by atoms with Crippen LogP contribution in [-0.4, -0.2) is 37.7 Å². The molecule has 2 N–H and O–H groups in total. The first-order valence-electron chi connectivity index (χ1n) is 8.96. The van der Waals surface area contributed by atoms with Crippen LogP contribution in [0.4, 0.5) is 18.9 Å². The summed E-state index contributed by atoms with van der Waals surface area (Å²) in [6.45, 7) is 1.03. The highest BCUT2D eigenvalue weighted by Crippen LogP contribution is 2.38. The number of carbonyl (C=O) groups excluding carboxylic acids is 2. The van der Waals surface area contributed by atoms with Crippen LogP contribution in [0.1, 0.15) is 21.5 Å². The molecule has 0 saturated heterocycles. The quantitative estimate of drug-likeness (QED) is 0.736. The smallest absolute Gasteiger partial charge is 0.405 e. The molecule has 0 bridgehead atoms. The van der Waals surface area contributed by atoms with Crippen molar-refractivity contribution in [3.8, 4) is 11.5 Å². The number of anilines is 1. The van der Waals surface area contributed by atoms with E-state index in [2.05, 4.69) is 5.32 Å². The summed E-state index contributed by atoms with van der Waals surface area (Å²) in [5, 5.41) is 4.79. The molecule has 2 aromatic rings. The van der Waals surface area contributed by atoms with Crippen LogP contribution < -0.4 is 20.1 Å². The molecule has 0 aromatic heterocycles. The third kappa shape index (κ3) is 5.56. The first-order valence-corrected chi connectivity index (χ1v) is 9.33. The molecule has 6 nitrogen and oxygen atoms in total. The van der Waals surface area contributed by atoms with Gasteiger partial charge >= 0.3 is 6.18 Å². The number of fused-ring (bicyclic) bond motifs is 1. The average molecular weight is 443 g/mol. The Morgan fingerprint density at radius 2 is 1.87 bits per heavy atom. The standard InChI is InChI=1S/C20H18ClF3N2O4/c1-11-2-3-13(19(28)25-10-20(22,23)24)9-15(11)26-17(27)8-12-6-14(21)18-16(7-12)29-4-5-30-18/h2-3,6-7,9H,4-5,8,10H2,1H3,(H,25,28)(H,26,27). The number of hydrogen-bond donors (Lipinski definition) is 2. The van der Waals surface area contributed by atoms with Crippen molar-refractivity contribution in [2.24, 2.45) is 0 Å². The van der Waals surface area contributed by atoms with Gasteiger partial charge < -0.3 is 20.1 Å². The van der Waals surface area contributed by atoms with Crippen LogP contribution in [0, 0.1) is 6.92 Å². The van der Waals surface area contributed by atoms with Crippen LogP contribution in [0.2, 0.25) is 5.02 Å². The third-order valence-corrected chi connectivity index (χ3v) is 4.53. The van der Waals surface area contributed by atoms with Crippen LogP contribution in [0.5, 0.6) is 11.5 Å². The number of ether oxygens (including phenoxy) is 2. The van der Waals surface area contributed by atoms with E-state index in [1.807, 2.05) is 0 Å². The van der Waals surface area contributed by atoms with E-state index in [0.29, 0.717) is 46.5 Å². The fourth-order valence-electron chi connectivity index (χ4n) is 2.83. The van der Waals surface area contributed by atoms with Gasteiger partial charge in [-0.3, -0.25) is 9.59 Å². The van der Waals surface area contributed by atoms with Gasteiger partial charge in [-0.25, -0.2) is 0 Å². The topological polar surface area (TPSA) is 76.7 Å². The highest BCUT2D eigenvalue weighted by atomic mass is 35.5. The first-order chi connectivity index (χ1) is 14.1. The zero-order valence-corrected chi connectivity index (χ0v) is 16.6. The van der Waals surface area contributed by atoms with Crippen molar-refractivity contribution in [1.82, 2.24) is 5.32 Å². The molecule has 0 saturated carbocycles. The van der Waals surface area contributed by atoms with Gasteiger partial charge in [0.25, 0.3) is 5.91 Å². The van der Waals surface area contributed by atoms with Crippen LogP contribution in [0.15, 0.2) is 30.3 Å². The van der Waals surface area contributed by atoms with Gasteiger partial charge in [-0.15, -0.1) is 0 Å². The summed E-state index contributed by atoms with van der Waals surface area (Å²) in [5.74, 6) is -0.392. The number of benzene rings is 2. The second-order valence-corrected chi connectivity index (χ2v) is 7.06. The Bertz CT molecular complexity index is 979. The van der Waals surface area contributed by atoms with Gasteiger partial charge in [-0.1, -0.05) is 17.7 Å². The van der Waals surface area contributed by atoms with Crippen molar-refractivity contribution in [1.29, 1.82) is 0 Å². The molecule has 0 atom stereocenters. The molecular weight excluding hydrogens is 425 g/mol. The molecule has 2 amide bonds. The van der Waals surface area contributed by atoms with Crippen molar-refractivity contribution >= 4 is 29.1 Å². The lowest BCUT2D eigenvalue weighted by Gasteiger charge is -2.20. The van der Waals surface area contributed by atoms with Crippen LogP contribution in [-0.2, 0) is 11.2 Å². The summed E-state index contributed by atoms with van der Waals surface area (Å²) < 4.78 is 47.8. The summed E-state index contributed by atoms with van der Waals surface area (Å²) in [7, 11) is 0. The number of alkyl halides is 3. The van der Waals surface area contributed by atoms with Crippen LogP contribution in [0.25, 0.3) is 0 Å². The van der Waals surface area contributed by atoms with Crippen molar-refractivity contribution in [3.05, 3.63) is 52.0 Å². The molecule has 0 spiro atoms. The second-order valence-electron chi connectivity index (χ2n) is 6.65. The summed E-state index contributed by atoms with van der Waals surface area (Å²) in [5.41, 5.74) is 1.57. The number of rotatable bonds is 5. The maximum Gasteiger partial charge on any atom is 0.405 e. The van der Waals surface area contributed by atoms with E-state index in [-0.39, 0.29) is 12.0 Å². The molecule has 0 aliphatic carbocycles. The molecule has 0 unspecified atom stereocenters. The van der Waals surface area contributed by atoms with Gasteiger partial charge in [-0.2, -0.15) is 13.2 Å². The van der Waals surface area contributed by atoms with E-state index in [9.17, 15) is 22.8 Å². The van der Waals surface area contributed by atoms with E-state index in [1.165, 1.54) is 12.1 Å². The van der Waals surface area contributed by atoms with E-state index in [4.69, 9.17) is 21.1 Å². The predicted octanol–water partition coefficient (Wildman–Crippen LogP) is 3.89. The maximum atomic E-state index is 12.5. The maximum absolute atomic E-state index is 12.5. The second kappa shape index (κ2) is 8.83. The molecule has 160 valence electrons. The third-order valence-electron chi connectivity index (χ3n) is 4.24. The number of hydrogen-bond acceptors (Lipinski definition) is 4. The predicted molar refractivity (Wildman–Crippen MR) is 104 cm³/mol. The SMILES string of the molecule is Cc1ccc(C(=O)NCC(F)(F)F)cc1NC(=O)Cc1cc(Cl)c2c(c1)OCCO2. The Morgan fingerprint density at radius 1 is 1.13 bits per heavy atom. The van der Waals surface area contributed by atoms with Crippen molar-refractivity contribution in [2.75, 3.05) is 25.1 Å². The van der Waals surface area contributed by atoms with E-state index < -0.39 is 24.5 Å². The summed E-state index contributed by atoms with van der Waals surface area (Å²) in [6.07, 6.45) is -4.54. The molecule has 30 heavy (non-hydrogen) atoms. The van der Waals surface area contributed by atoms with E-state index >= 15 is 0 Å². The zero-order valence-electron chi connectivity index (χ0n) is 15.9. The van der Waals surface area contributed by atoms with E-state index in [0.717, 1.165) is 0 Å². The van der Waals surface area contributed by atoms with Gasteiger partial charge in [0.15, 0.2) is 11.5 Å². The van der Waals surface area contributed by atoms with Gasteiger partial charge in [0.05, 0.1) is 11.4 Å². The minimum absolute atomic E-state index is 0.00234. The van der Waals surface area contributed by atoms with Crippen LogP contribution in [0.3, 0.4) is 0 Å².